The van der Waals surface area contributed by atoms with E-state index in [1.165, 1.54) is 6.92 Å². The average molecular weight is 244 g/mol. The number of hydrogen-bond donors (Lipinski definition) is 2. The average Bonchev–Trinajstić information content (AvgIpc) is 2.37. The number of fused-ring (bicyclic) bond motifs is 1. The van der Waals surface area contributed by atoms with Crippen molar-refractivity contribution in [1.82, 2.24) is 10.3 Å². The largest absolute Gasteiger partial charge is 0.480 e. The molecule has 0 spiro atoms. The molecule has 1 heterocycles. The van der Waals surface area contributed by atoms with Crippen molar-refractivity contribution in [3.05, 3.63) is 42.1 Å². The Labute approximate surface area is 103 Å². The Morgan fingerprint density at radius 2 is 2.00 bits per heavy atom. The molecule has 18 heavy (non-hydrogen) atoms. The summed E-state index contributed by atoms with van der Waals surface area (Å²) in [4.78, 5) is 26.8. The molecule has 0 aliphatic rings. The zero-order valence-electron chi connectivity index (χ0n) is 9.75. The fourth-order valence-corrected chi connectivity index (χ4v) is 1.62. The minimum absolute atomic E-state index is 0.376. The van der Waals surface area contributed by atoms with Gasteiger partial charge in [0.05, 0.1) is 11.1 Å². The number of benzene rings is 1. The van der Waals surface area contributed by atoms with Gasteiger partial charge in [-0.3, -0.25) is 14.6 Å². The molecule has 0 unspecified atom stereocenters. The van der Waals surface area contributed by atoms with Crippen LogP contribution in [0, 0.1) is 0 Å². The number of nitrogens with zero attached hydrogens (tertiary/aromatic N) is 1. The SMILES string of the molecule is C[C@H](NC(=O)c1cccc2cccnc12)C(=O)O. The summed E-state index contributed by atoms with van der Waals surface area (Å²) in [7, 11) is 0. The minimum atomic E-state index is -1.07. The number of para-hydroxylation sites is 1. The molecule has 0 saturated carbocycles. The molecule has 1 atom stereocenters. The van der Waals surface area contributed by atoms with Gasteiger partial charge in [-0.25, -0.2) is 0 Å². The molecule has 92 valence electrons. The van der Waals surface area contributed by atoms with Crippen molar-refractivity contribution in [3.8, 4) is 0 Å². The first-order valence-corrected chi connectivity index (χ1v) is 5.47. The lowest BCUT2D eigenvalue weighted by Gasteiger charge is -2.10. The highest BCUT2D eigenvalue weighted by Gasteiger charge is 2.17. The van der Waals surface area contributed by atoms with Gasteiger partial charge in [0.15, 0.2) is 0 Å². The lowest BCUT2D eigenvalue weighted by molar-refractivity contribution is -0.138. The van der Waals surface area contributed by atoms with E-state index in [9.17, 15) is 9.59 Å². The van der Waals surface area contributed by atoms with Gasteiger partial charge in [-0.1, -0.05) is 18.2 Å². The Kier molecular flexibility index (Phi) is 3.23. The third-order valence-electron chi connectivity index (χ3n) is 2.60. The maximum Gasteiger partial charge on any atom is 0.325 e. The molecule has 0 aliphatic carbocycles. The maximum atomic E-state index is 12.0. The first-order chi connectivity index (χ1) is 8.59. The van der Waals surface area contributed by atoms with Crippen LogP contribution in [0.5, 0.6) is 0 Å². The Morgan fingerprint density at radius 3 is 2.72 bits per heavy atom. The van der Waals surface area contributed by atoms with Gasteiger partial charge in [-0.2, -0.15) is 0 Å². The molecular formula is C13H12N2O3. The lowest BCUT2D eigenvalue weighted by atomic mass is 10.1. The maximum absolute atomic E-state index is 12.0. The number of hydrogen-bond acceptors (Lipinski definition) is 3. The highest BCUT2D eigenvalue weighted by Crippen LogP contribution is 2.15. The van der Waals surface area contributed by atoms with Crippen LogP contribution in [0.2, 0.25) is 0 Å². The van der Waals surface area contributed by atoms with E-state index in [4.69, 9.17) is 5.11 Å². The molecule has 0 radical (unpaired) electrons. The number of carboxylic acid groups (broad SMARTS) is 1. The Hall–Kier alpha value is -2.43. The summed E-state index contributed by atoms with van der Waals surface area (Å²) >= 11 is 0. The van der Waals surface area contributed by atoms with E-state index >= 15 is 0 Å². The number of rotatable bonds is 3. The number of aliphatic carboxylic acids is 1. The summed E-state index contributed by atoms with van der Waals surface area (Å²) < 4.78 is 0. The standard InChI is InChI=1S/C13H12N2O3/c1-8(13(17)18)15-12(16)10-6-2-4-9-5-3-7-14-11(9)10/h2-8H,1H3,(H,15,16)(H,17,18)/t8-/m0/s1. The smallest absolute Gasteiger partial charge is 0.325 e. The van der Waals surface area contributed by atoms with Crippen molar-refractivity contribution in [3.63, 3.8) is 0 Å². The summed E-state index contributed by atoms with van der Waals surface area (Å²) in [5.41, 5.74) is 0.941. The second-order valence-corrected chi connectivity index (χ2v) is 3.91. The molecule has 5 heteroatoms. The van der Waals surface area contributed by atoms with Crippen LogP contribution in [0.1, 0.15) is 17.3 Å². The molecule has 1 aromatic carbocycles. The van der Waals surface area contributed by atoms with Gasteiger partial charge in [-0.05, 0) is 19.1 Å². The third-order valence-corrected chi connectivity index (χ3v) is 2.60. The van der Waals surface area contributed by atoms with Crippen molar-refractivity contribution in [2.45, 2.75) is 13.0 Å². The predicted octanol–water partition coefficient (Wildman–Crippen LogP) is 1.44. The van der Waals surface area contributed by atoms with Gasteiger partial charge in [0.2, 0.25) is 0 Å². The van der Waals surface area contributed by atoms with Gasteiger partial charge in [-0.15, -0.1) is 0 Å². The van der Waals surface area contributed by atoms with Gasteiger partial charge < -0.3 is 10.4 Å². The normalized spacial score (nSPS) is 12.1. The zero-order chi connectivity index (χ0) is 13.1. The van der Waals surface area contributed by atoms with Crippen LogP contribution in [0.25, 0.3) is 10.9 Å². The van der Waals surface area contributed by atoms with Crippen LogP contribution in [-0.4, -0.2) is 28.0 Å². The van der Waals surface area contributed by atoms with E-state index < -0.39 is 17.9 Å². The molecule has 5 nitrogen and oxygen atoms in total. The third kappa shape index (κ3) is 2.29. The van der Waals surface area contributed by atoms with Gasteiger partial charge in [0.1, 0.15) is 6.04 Å². The number of amides is 1. The Bertz CT molecular complexity index is 605. The number of pyridine rings is 1. The molecule has 0 aliphatic heterocycles. The van der Waals surface area contributed by atoms with Crippen LogP contribution in [0.3, 0.4) is 0 Å². The molecule has 2 rings (SSSR count). The molecule has 2 N–H and O–H groups in total. The summed E-state index contributed by atoms with van der Waals surface area (Å²) in [5.74, 6) is -1.51. The van der Waals surface area contributed by atoms with E-state index in [2.05, 4.69) is 10.3 Å². The van der Waals surface area contributed by atoms with Gasteiger partial charge in [0.25, 0.3) is 5.91 Å². The second-order valence-electron chi connectivity index (χ2n) is 3.91. The highest BCUT2D eigenvalue weighted by molar-refractivity contribution is 6.06. The monoisotopic (exact) mass is 244 g/mol. The van der Waals surface area contributed by atoms with E-state index in [-0.39, 0.29) is 0 Å². The number of aromatic nitrogens is 1. The molecule has 0 bridgehead atoms. The number of carbonyl (C=O) groups is 2. The first-order valence-electron chi connectivity index (χ1n) is 5.47. The number of carboxylic acids is 1. The van der Waals surface area contributed by atoms with Crippen molar-refractivity contribution in [2.24, 2.45) is 0 Å². The molecule has 0 saturated heterocycles. The second kappa shape index (κ2) is 4.83. The molecule has 0 fully saturated rings. The topological polar surface area (TPSA) is 79.3 Å². The van der Waals surface area contributed by atoms with Gasteiger partial charge >= 0.3 is 5.97 Å². The molecule has 1 amide bonds. The van der Waals surface area contributed by atoms with Crippen LogP contribution in [0.4, 0.5) is 0 Å². The van der Waals surface area contributed by atoms with Crippen LogP contribution >= 0.6 is 0 Å². The fraction of sp³-hybridized carbons (Fsp3) is 0.154. The molecular weight excluding hydrogens is 232 g/mol. The van der Waals surface area contributed by atoms with Crippen LogP contribution in [-0.2, 0) is 4.79 Å². The van der Waals surface area contributed by atoms with Crippen molar-refractivity contribution in [2.75, 3.05) is 0 Å². The van der Waals surface area contributed by atoms with Gasteiger partial charge in [0, 0.05) is 11.6 Å². The highest BCUT2D eigenvalue weighted by atomic mass is 16.4. The predicted molar refractivity (Wildman–Crippen MR) is 66.3 cm³/mol. The minimum Gasteiger partial charge on any atom is -0.480 e. The number of carbonyl (C=O) groups excluding carboxylic acids is 1. The fourth-order valence-electron chi connectivity index (χ4n) is 1.62. The van der Waals surface area contributed by atoms with Crippen LogP contribution in [0.15, 0.2) is 36.5 Å². The molecule has 1 aromatic heterocycles. The van der Waals surface area contributed by atoms with Crippen molar-refractivity contribution >= 4 is 22.8 Å². The Morgan fingerprint density at radius 1 is 1.28 bits per heavy atom. The quantitative estimate of drug-likeness (QED) is 0.856. The zero-order valence-corrected chi connectivity index (χ0v) is 9.75. The van der Waals surface area contributed by atoms with Crippen molar-refractivity contribution in [1.29, 1.82) is 0 Å². The summed E-state index contributed by atoms with van der Waals surface area (Å²) in [6.07, 6.45) is 1.60. The van der Waals surface area contributed by atoms with Crippen LogP contribution < -0.4 is 5.32 Å². The lowest BCUT2D eigenvalue weighted by Crippen LogP contribution is -2.38. The van der Waals surface area contributed by atoms with E-state index in [1.54, 1.807) is 24.4 Å². The summed E-state index contributed by atoms with van der Waals surface area (Å²) in [6, 6.07) is 7.91. The van der Waals surface area contributed by atoms with E-state index in [1.807, 2.05) is 12.1 Å². The summed E-state index contributed by atoms with van der Waals surface area (Å²) in [5, 5.41) is 12.0. The number of nitrogens with one attached hydrogen (secondary N) is 1. The van der Waals surface area contributed by atoms with E-state index in [0.717, 1.165) is 5.39 Å². The Balaban J connectivity index is 2.36. The first kappa shape index (κ1) is 12.0. The van der Waals surface area contributed by atoms with Crippen molar-refractivity contribution < 1.29 is 14.7 Å². The molecule has 2 aromatic rings. The summed E-state index contributed by atoms with van der Waals surface area (Å²) in [6.45, 7) is 1.42. The van der Waals surface area contributed by atoms with E-state index in [0.29, 0.717) is 11.1 Å².